The molecule has 1 saturated carbocycles. The molecule has 1 fully saturated rings. The second kappa shape index (κ2) is 5.44. The van der Waals surface area contributed by atoms with Crippen molar-refractivity contribution in [3.05, 3.63) is 5.01 Å². The van der Waals surface area contributed by atoms with Gasteiger partial charge in [0.25, 0.3) is 5.91 Å². The van der Waals surface area contributed by atoms with Gasteiger partial charge in [0.05, 0.1) is 0 Å². The lowest BCUT2D eigenvalue weighted by atomic mass is 10.1. The number of anilines is 1. The highest BCUT2D eigenvalue weighted by Crippen LogP contribution is 2.26. The van der Waals surface area contributed by atoms with Crippen molar-refractivity contribution in [2.75, 3.05) is 26.0 Å². The van der Waals surface area contributed by atoms with Gasteiger partial charge >= 0.3 is 0 Å². The van der Waals surface area contributed by atoms with Crippen molar-refractivity contribution >= 4 is 22.4 Å². The molecule has 1 amide bonds. The Morgan fingerprint density at radius 1 is 1.47 bits per heavy atom. The number of amides is 1. The SMILES string of the molecule is CNc1nnc(C(=O)N(C)CC2CCCC2)s1. The molecule has 1 aliphatic rings. The number of nitrogens with one attached hydrogen (secondary N) is 1. The molecular formula is C11H18N4OS. The molecule has 17 heavy (non-hydrogen) atoms. The van der Waals surface area contributed by atoms with Gasteiger partial charge in [-0.3, -0.25) is 4.79 Å². The zero-order valence-electron chi connectivity index (χ0n) is 10.3. The monoisotopic (exact) mass is 254 g/mol. The first-order valence-electron chi connectivity index (χ1n) is 5.97. The molecule has 94 valence electrons. The van der Waals surface area contributed by atoms with Crippen LogP contribution in [0.2, 0.25) is 0 Å². The number of carbonyl (C=O) groups is 1. The lowest BCUT2D eigenvalue weighted by Gasteiger charge is -2.19. The van der Waals surface area contributed by atoms with Crippen LogP contribution in [0.5, 0.6) is 0 Å². The van der Waals surface area contributed by atoms with E-state index in [2.05, 4.69) is 15.5 Å². The average Bonchev–Trinajstić information content (AvgIpc) is 2.98. The molecule has 0 bridgehead atoms. The summed E-state index contributed by atoms with van der Waals surface area (Å²) in [6.45, 7) is 0.841. The first kappa shape index (κ1) is 12.3. The van der Waals surface area contributed by atoms with Gasteiger partial charge in [-0.15, -0.1) is 10.2 Å². The summed E-state index contributed by atoms with van der Waals surface area (Å²) in [5.74, 6) is 0.650. The second-order valence-electron chi connectivity index (χ2n) is 4.50. The zero-order chi connectivity index (χ0) is 12.3. The predicted molar refractivity (Wildman–Crippen MR) is 68.4 cm³/mol. The van der Waals surface area contributed by atoms with E-state index in [0.29, 0.717) is 16.1 Å². The molecule has 1 aromatic rings. The number of carbonyl (C=O) groups excluding carboxylic acids is 1. The van der Waals surface area contributed by atoms with Crippen molar-refractivity contribution < 1.29 is 4.79 Å². The van der Waals surface area contributed by atoms with Crippen LogP contribution in [0, 0.1) is 5.92 Å². The summed E-state index contributed by atoms with van der Waals surface area (Å²) in [4.78, 5) is 13.8. The largest absolute Gasteiger partial charge is 0.363 e. The third-order valence-electron chi connectivity index (χ3n) is 3.18. The molecule has 0 spiro atoms. The molecule has 2 rings (SSSR count). The summed E-state index contributed by atoms with van der Waals surface area (Å²) < 4.78 is 0. The normalized spacial score (nSPS) is 16.1. The van der Waals surface area contributed by atoms with Gasteiger partial charge in [0.1, 0.15) is 0 Å². The van der Waals surface area contributed by atoms with Crippen molar-refractivity contribution in [2.24, 2.45) is 5.92 Å². The minimum absolute atomic E-state index is 0.0177. The maximum absolute atomic E-state index is 12.1. The smallest absolute Gasteiger partial charge is 0.284 e. The highest BCUT2D eigenvalue weighted by molar-refractivity contribution is 7.17. The molecule has 0 unspecified atom stereocenters. The Morgan fingerprint density at radius 2 is 2.18 bits per heavy atom. The number of aromatic nitrogens is 2. The molecule has 0 radical (unpaired) electrons. The molecule has 6 heteroatoms. The van der Waals surface area contributed by atoms with Gasteiger partial charge in [-0.1, -0.05) is 24.2 Å². The maximum atomic E-state index is 12.1. The minimum Gasteiger partial charge on any atom is -0.363 e. The number of rotatable bonds is 4. The van der Waals surface area contributed by atoms with E-state index in [1.54, 1.807) is 11.9 Å². The van der Waals surface area contributed by atoms with E-state index in [-0.39, 0.29) is 5.91 Å². The molecule has 1 N–H and O–H groups in total. The molecular weight excluding hydrogens is 236 g/mol. The fraction of sp³-hybridized carbons (Fsp3) is 0.727. The third-order valence-corrected chi connectivity index (χ3v) is 4.10. The standard InChI is InChI=1S/C11H18N4OS/c1-12-11-14-13-9(17-11)10(16)15(2)7-8-5-3-4-6-8/h8H,3-7H2,1-2H3,(H,12,14). The van der Waals surface area contributed by atoms with E-state index in [1.165, 1.54) is 37.0 Å². The second-order valence-corrected chi connectivity index (χ2v) is 5.48. The van der Waals surface area contributed by atoms with Crippen molar-refractivity contribution in [3.63, 3.8) is 0 Å². The molecule has 0 saturated heterocycles. The van der Waals surface area contributed by atoms with E-state index < -0.39 is 0 Å². The lowest BCUT2D eigenvalue weighted by molar-refractivity contribution is 0.0772. The summed E-state index contributed by atoms with van der Waals surface area (Å²) in [6, 6.07) is 0. The van der Waals surface area contributed by atoms with Gasteiger partial charge in [0.15, 0.2) is 0 Å². The Labute approximate surface area is 105 Å². The van der Waals surface area contributed by atoms with Gasteiger partial charge in [-0.05, 0) is 18.8 Å². The average molecular weight is 254 g/mol. The van der Waals surface area contributed by atoms with Crippen molar-refractivity contribution in [1.29, 1.82) is 0 Å². The topological polar surface area (TPSA) is 58.1 Å². The molecule has 1 aromatic heterocycles. The Morgan fingerprint density at radius 3 is 2.76 bits per heavy atom. The van der Waals surface area contributed by atoms with Gasteiger partial charge in [0.2, 0.25) is 10.1 Å². The minimum atomic E-state index is -0.0177. The highest BCUT2D eigenvalue weighted by Gasteiger charge is 2.22. The Kier molecular flexibility index (Phi) is 3.93. The summed E-state index contributed by atoms with van der Waals surface area (Å²) in [7, 11) is 3.62. The van der Waals surface area contributed by atoms with Crippen LogP contribution in [-0.2, 0) is 0 Å². The van der Waals surface area contributed by atoms with Crippen LogP contribution in [-0.4, -0.2) is 41.6 Å². The van der Waals surface area contributed by atoms with Crippen molar-refractivity contribution in [1.82, 2.24) is 15.1 Å². The Hall–Kier alpha value is -1.17. The van der Waals surface area contributed by atoms with E-state index >= 15 is 0 Å². The first-order valence-corrected chi connectivity index (χ1v) is 6.79. The number of hydrogen-bond acceptors (Lipinski definition) is 5. The van der Waals surface area contributed by atoms with E-state index in [9.17, 15) is 4.79 Å². The molecule has 5 nitrogen and oxygen atoms in total. The van der Waals surface area contributed by atoms with Gasteiger partial charge < -0.3 is 10.2 Å². The molecule has 0 atom stereocenters. The summed E-state index contributed by atoms with van der Waals surface area (Å²) in [5, 5.41) is 11.8. The molecule has 0 aliphatic heterocycles. The van der Waals surface area contributed by atoms with E-state index in [4.69, 9.17) is 0 Å². The summed E-state index contributed by atoms with van der Waals surface area (Å²) >= 11 is 1.30. The molecule has 1 heterocycles. The van der Waals surface area contributed by atoms with Gasteiger partial charge in [-0.2, -0.15) is 0 Å². The zero-order valence-corrected chi connectivity index (χ0v) is 11.1. The Balaban J connectivity index is 1.93. The van der Waals surface area contributed by atoms with Crippen LogP contribution in [0.4, 0.5) is 5.13 Å². The van der Waals surface area contributed by atoms with Gasteiger partial charge in [-0.25, -0.2) is 0 Å². The van der Waals surface area contributed by atoms with Crippen molar-refractivity contribution in [3.8, 4) is 0 Å². The number of hydrogen-bond donors (Lipinski definition) is 1. The quantitative estimate of drug-likeness (QED) is 0.890. The molecule has 1 aliphatic carbocycles. The maximum Gasteiger partial charge on any atom is 0.284 e. The van der Waals surface area contributed by atoms with Gasteiger partial charge in [0, 0.05) is 20.6 Å². The highest BCUT2D eigenvalue weighted by atomic mass is 32.1. The van der Waals surface area contributed by atoms with Crippen LogP contribution in [0.1, 0.15) is 35.5 Å². The van der Waals surface area contributed by atoms with Crippen LogP contribution in [0.25, 0.3) is 0 Å². The van der Waals surface area contributed by atoms with E-state index in [1.807, 2.05) is 7.05 Å². The van der Waals surface area contributed by atoms with Crippen LogP contribution in [0.15, 0.2) is 0 Å². The van der Waals surface area contributed by atoms with Crippen LogP contribution in [0.3, 0.4) is 0 Å². The lowest BCUT2D eigenvalue weighted by Crippen LogP contribution is -2.31. The summed E-state index contributed by atoms with van der Waals surface area (Å²) in [5.41, 5.74) is 0. The van der Waals surface area contributed by atoms with E-state index in [0.717, 1.165) is 6.54 Å². The third kappa shape index (κ3) is 2.94. The molecule has 0 aromatic carbocycles. The Bertz CT molecular complexity index is 387. The van der Waals surface area contributed by atoms with Crippen LogP contribution < -0.4 is 5.32 Å². The number of nitrogens with zero attached hydrogens (tertiary/aromatic N) is 3. The van der Waals surface area contributed by atoms with Crippen molar-refractivity contribution in [2.45, 2.75) is 25.7 Å². The predicted octanol–water partition coefficient (Wildman–Crippen LogP) is 1.84. The first-order chi connectivity index (χ1) is 8.20. The summed E-state index contributed by atoms with van der Waals surface area (Å²) in [6.07, 6.45) is 5.09. The fourth-order valence-corrected chi connectivity index (χ4v) is 2.93. The fourth-order valence-electron chi connectivity index (χ4n) is 2.24. The van der Waals surface area contributed by atoms with Crippen LogP contribution >= 0.6 is 11.3 Å².